The highest BCUT2D eigenvalue weighted by atomic mass is 16.5. The van der Waals surface area contributed by atoms with Crippen LogP contribution in [0.4, 0.5) is 0 Å². The Morgan fingerprint density at radius 3 is 2.38 bits per heavy atom. The number of ether oxygens (including phenoxy) is 1. The first-order chi connectivity index (χ1) is 15.2. The average Bonchev–Trinajstić information content (AvgIpc) is 3.37. The van der Waals surface area contributed by atoms with Gasteiger partial charge in [-0.05, 0) is 36.3 Å². The van der Waals surface area contributed by atoms with Crippen molar-refractivity contribution in [3.05, 3.63) is 47.0 Å². The summed E-state index contributed by atoms with van der Waals surface area (Å²) in [4.78, 5) is 4.79. The molecule has 3 rings (SSSR count). The Labute approximate surface area is 193 Å². The molecule has 0 unspecified atom stereocenters. The van der Waals surface area contributed by atoms with Gasteiger partial charge in [-0.15, -0.1) is 10.2 Å². The van der Waals surface area contributed by atoms with Crippen LogP contribution in [0.25, 0.3) is 0 Å². The predicted molar refractivity (Wildman–Crippen MR) is 130 cm³/mol. The molecule has 1 heterocycles. The zero-order chi connectivity index (χ0) is 23.2. The maximum Gasteiger partial charge on any atom is 0.191 e. The van der Waals surface area contributed by atoms with E-state index in [0.717, 1.165) is 24.2 Å². The number of rotatable bonds is 8. The summed E-state index contributed by atoms with van der Waals surface area (Å²) in [6.45, 7) is 11.4. The molecule has 1 aliphatic carbocycles. The van der Waals surface area contributed by atoms with Crippen molar-refractivity contribution < 1.29 is 4.74 Å². The average molecular weight is 441 g/mol. The molecule has 0 bridgehead atoms. The highest BCUT2D eigenvalue weighted by Gasteiger charge is 2.36. The third-order valence-corrected chi connectivity index (χ3v) is 6.68. The summed E-state index contributed by atoms with van der Waals surface area (Å²) in [6, 6.07) is 9.28. The van der Waals surface area contributed by atoms with Gasteiger partial charge in [0.25, 0.3) is 0 Å². The number of guanidine groups is 1. The number of nitrogens with one attached hydrogen (secondary N) is 2. The minimum atomic E-state index is 0.140. The summed E-state index contributed by atoms with van der Waals surface area (Å²) < 4.78 is 7.19. The molecule has 1 aliphatic rings. The van der Waals surface area contributed by atoms with Crippen LogP contribution in [0.3, 0.4) is 0 Å². The molecule has 1 aromatic carbocycles. The lowest BCUT2D eigenvalue weighted by Gasteiger charge is -2.31. The monoisotopic (exact) mass is 440 g/mol. The number of nitrogens with zero attached hydrogens (tertiary/aromatic N) is 4. The van der Waals surface area contributed by atoms with Gasteiger partial charge in [-0.3, -0.25) is 0 Å². The third-order valence-electron chi connectivity index (χ3n) is 6.68. The van der Waals surface area contributed by atoms with E-state index < -0.39 is 0 Å². The zero-order valence-electron chi connectivity index (χ0n) is 20.7. The Bertz CT molecular complexity index is 888. The van der Waals surface area contributed by atoms with E-state index in [9.17, 15) is 0 Å². The van der Waals surface area contributed by atoms with Crippen molar-refractivity contribution in [3.8, 4) is 0 Å². The van der Waals surface area contributed by atoms with Crippen LogP contribution in [0.1, 0.15) is 69.2 Å². The summed E-state index contributed by atoms with van der Waals surface area (Å²) in [5, 5.41) is 15.4. The first-order valence-electron chi connectivity index (χ1n) is 11.7. The molecule has 0 atom stereocenters. The number of methoxy groups -OCH3 is 1. The SMILES string of the molecule is COCCNC(=NCc1nnc(C)n1C)NCC1(c2ccc(C(C)(C)C)cc2)CCCC1. The second-order valence-electron chi connectivity index (χ2n) is 9.98. The first kappa shape index (κ1) is 24.2. The molecule has 0 radical (unpaired) electrons. The molecule has 0 amide bonds. The molecule has 2 aromatic rings. The van der Waals surface area contributed by atoms with Crippen LogP contribution in [0, 0.1) is 6.92 Å². The van der Waals surface area contributed by atoms with Crippen molar-refractivity contribution >= 4 is 5.96 Å². The van der Waals surface area contributed by atoms with E-state index in [1.54, 1.807) is 7.11 Å². The van der Waals surface area contributed by atoms with Gasteiger partial charge in [-0.2, -0.15) is 0 Å². The molecule has 0 spiro atoms. The van der Waals surface area contributed by atoms with Gasteiger partial charge in [0.2, 0.25) is 0 Å². The maximum atomic E-state index is 5.21. The van der Waals surface area contributed by atoms with E-state index in [2.05, 4.69) is 65.9 Å². The molecule has 32 heavy (non-hydrogen) atoms. The fourth-order valence-corrected chi connectivity index (χ4v) is 4.38. The zero-order valence-corrected chi connectivity index (χ0v) is 20.7. The summed E-state index contributed by atoms with van der Waals surface area (Å²) in [5.74, 6) is 2.53. The van der Waals surface area contributed by atoms with Crippen LogP contribution in [0.15, 0.2) is 29.3 Å². The molecule has 1 aromatic heterocycles. The van der Waals surface area contributed by atoms with Crippen molar-refractivity contribution in [1.82, 2.24) is 25.4 Å². The van der Waals surface area contributed by atoms with Crippen LogP contribution in [0.5, 0.6) is 0 Å². The smallest absolute Gasteiger partial charge is 0.191 e. The molecule has 0 aliphatic heterocycles. The van der Waals surface area contributed by atoms with Gasteiger partial charge < -0.3 is 19.9 Å². The van der Waals surface area contributed by atoms with Crippen molar-refractivity contribution in [2.24, 2.45) is 12.0 Å². The summed E-state index contributed by atoms with van der Waals surface area (Å²) >= 11 is 0. The van der Waals surface area contributed by atoms with E-state index >= 15 is 0 Å². The highest BCUT2D eigenvalue weighted by Crippen LogP contribution is 2.41. The van der Waals surface area contributed by atoms with E-state index in [4.69, 9.17) is 9.73 Å². The molecule has 2 N–H and O–H groups in total. The maximum absolute atomic E-state index is 5.21. The van der Waals surface area contributed by atoms with Gasteiger partial charge in [0, 0.05) is 32.7 Å². The number of aromatic nitrogens is 3. The first-order valence-corrected chi connectivity index (χ1v) is 11.7. The summed E-state index contributed by atoms with van der Waals surface area (Å²) in [6.07, 6.45) is 4.93. The van der Waals surface area contributed by atoms with Gasteiger partial charge >= 0.3 is 0 Å². The number of hydrogen-bond donors (Lipinski definition) is 2. The minimum Gasteiger partial charge on any atom is -0.383 e. The molecule has 1 fully saturated rings. The molecule has 7 heteroatoms. The number of hydrogen-bond acceptors (Lipinski definition) is 4. The van der Waals surface area contributed by atoms with Crippen LogP contribution >= 0.6 is 0 Å². The highest BCUT2D eigenvalue weighted by molar-refractivity contribution is 5.79. The van der Waals surface area contributed by atoms with E-state index in [-0.39, 0.29) is 10.8 Å². The van der Waals surface area contributed by atoms with Gasteiger partial charge in [0.05, 0.1) is 6.61 Å². The fourth-order valence-electron chi connectivity index (χ4n) is 4.38. The van der Waals surface area contributed by atoms with Crippen LogP contribution in [-0.4, -0.2) is 47.5 Å². The van der Waals surface area contributed by atoms with Crippen molar-refractivity contribution in [3.63, 3.8) is 0 Å². The normalized spacial score (nSPS) is 16.4. The van der Waals surface area contributed by atoms with E-state index in [1.165, 1.54) is 36.8 Å². The van der Waals surface area contributed by atoms with Crippen molar-refractivity contribution in [2.45, 2.75) is 70.8 Å². The number of aliphatic imine (C=N–C) groups is 1. The third kappa shape index (κ3) is 5.88. The Balaban J connectivity index is 1.75. The van der Waals surface area contributed by atoms with Crippen LogP contribution in [0.2, 0.25) is 0 Å². The minimum absolute atomic E-state index is 0.140. The largest absolute Gasteiger partial charge is 0.383 e. The van der Waals surface area contributed by atoms with E-state index in [0.29, 0.717) is 19.7 Å². The van der Waals surface area contributed by atoms with Crippen molar-refractivity contribution in [1.29, 1.82) is 0 Å². The molecule has 1 saturated carbocycles. The van der Waals surface area contributed by atoms with Gasteiger partial charge in [-0.25, -0.2) is 4.99 Å². The second-order valence-corrected chi connectivity index (χ2v) is 9.98. The quantitative estimate of drug-likeness (QED) is 0.373. The topological polar surface area (TPSA) is 76.4 Å². The molecular weight excluding hydrogens is 400 g/mol. The number of aryl methyl sites for hydroxylation is 1. The Morgan fingerprint density at radius 2 is 1.81 bits per heavy atom. The van der Waals surface area contributed by atoms with Gasteiger partial charge in [0.15, 0.2) is 11.8 Å². The lowest BCUT2D eigenvalue weighted by Crippen LogP contribution is -2.45. The molecular formula is C25H40N6O. The van der Waals surface area contributed by atoms with E-state index in [1.807, 2.05) is 18.5 Å². The Hall–Kier alpha value is -2.41. The number of benzene rings is 1. The second kappa shape index (κ2) is 10.5. The van der Waals surface area contributed by atoms with Crippen molar-refractivity contribution in [2.75, 3.05) is 26.8 Å². The molecule has 176 valence electrons. The Kier molecular flexibility index (Phi) is 7.93. The van der Waals surface area contributed by atoms with Crippen LogP contribution in [-0.2, 0) is 29.2 Å². The van der Waals surface area contributed by atoms with Crippen LogP contribution < -0.4 is 10.6 Å². The lowest BCUT2D eigenvalue weighted by molar-refractivity contribution is 0.203. The standard InChI is InChI=1S/C25H40N6O/c1-19-29-30-22(31(19)5)17-27-23(26-15-16-32-6)28-18-25(13-7-8-14-25)21-11-9-20(10-12-21)24(2,3)4/h9-12H,7-8,13-18H2,1-6H3,(H2,26,27,28). The summed E-state index contributed by atoms with van der Waals surface area (Å²) in [7, 11) is 3.68. The Morgan fingerprint density at radius 1 is 1.12 bits per heavy atom. The van der Waals surface area contributed by atoms with Gasteiger partial charge in [-0.1, -0.05) is 57.9 Å². The lowest BCUT2D eigenvalue weighted by atomic mass is 9.77. The summed E-state index contributed by atoms with van der Waals surface area (Å²) in [5.41, 5.74) is 3.12. The molecule has 0 saturated heterocycles. The predicted octanol–water partition coefficient (Wildman–Crippen LogP) is 3.61. The molecule has 7 nitrogen and oxygen atoms in total. The fraction of sp³-hybridized carbons (Fsp3) is 0.640. The van der Waals surface area contributed by atoms with Gasteiger partial charge in [0.1, 0.15) is 12.4 Å².